The number of nitrogens with zero attached hydrogens (tertiary/aromatic N) is 2. The summed E-state index contributed by atoms with van der Waals surface area (Å²) in [5, 5.41) is 0. The highest BCUT2D eigenvalue weighted by Gasteiger charge is 2.52. The van der Waals surface area contributed by atoms with Gasteiger partial charge in [0.05, 0.1) is 11.1 Å². The maximum Gasteiger partial charge on any atom is 0.238 e. The minimum Gasteiger partial charge on any atom is -0.338 e. The van der Waals surface area contributed by atoms with Gasteiger partial charge in [0.25, 0.3) is 0 Å². The van der Waals surface area contributed by atoms with Crippen molar-refractivity contribution < 1.29 is 8.42 Å². The summed E-state index contributed by atoms with van der Waals surface area (Å²) in [5.41, 5.74) is 1.13. The summed E-state index contributed by atoms with van der Waals surface area (Å²) >= 11 is 0. The van der Waals surface area contributed by atoms with Crippen molar-refractivity contribution >= 4 is 19.7 Å². The van der Waals surface area contributed by atoms with Gasteiger partial charge in [-0.2, -0.15) is 0 Å². The summed E-state index contributed by atoms with van der Waals surface area (Å²) in [7, 11) is 3.98. The van der Waals surface area contributed by atoms with Crippen LogP contribution in [0.3, 0.4) is 0 Å². The van der Waals surface area contributed by atoms with Gasteiger partial charge in [-0.1, -0.05) is 0 Å². The largest absolute Gasteiger partial charge is 0.338 e. The minimum atomic E-state index is -3.39. The van der Waals surface area contributed by atoms with Crippen molar-refractivity contribution in [2.75, 3.05) is 0 Å². The van der Waals surface area contributed by atoms with Crippen LogP contribution >= 0.6 is 10.7 Å². The third kappa shape index (κ3) is 2.25. The Bertz CT molecular complexity index is 477. The molecule has 0 aliphatic heterocycles. The van der Waals surface area contributed by atoms with Gasteiger partial charge in [-0.15, -0.1) is 0 Å². The van der Waals surface area contributed by atoms with E-state index in [1.54, 1.807) is 6.33 Å². The highest BCUT2D eigenvalue weighted by Crippen LogP contribution is 2.49. The van der Waals surface area contributed by atoms with E-state index < -0.39 is 13.8 Å². The smallest absolute Gasteiger partial charge is 0.238 e. The van der Waals surface area contributed by atoms with Crippen LogP contribution in [-0.4, -0.2) is 22.7 Å². The summed E-state index contributed by atoms with van der Waals surface area (Å²) in [6.45, 7) is 0. The third-order valence-electron chi connectivity index (χ3n) is 3.31. The van der Waals surface area contributed by atoms with Crippen LogP contribution in [0.1, 0.15) is 31.4 Å². The molecule has 1 saturated carbocycles. The normalized spacial score (nSPS) is 18.6. The molecule has 0 N–H and O–H groups in total. The van der Waals surface area contributed by atoms with Gasteiger partial charge in [0.15, 0.2) is 0 Å². The summed E-state index contributed by atoms with van der Waals surface area (Å²) in [6.07, 6.45) is 7.34. The van der Waals surface area contributed by atoms with Gasteiger partial charge >= 0.3 is 0 Å². The molecule has 2 rings (SSSR count). The van der Waals surface area contributed by atoms with Gasteiger partial charge in [0.2, 0.25) is 9.05 Å². The van der Waals surface area contributed by atoms with Crippen molar-refractivity contribution in [2.45, 2.75) is 36.9 Å². The summed E-state index contributed by atoms with van der Waals surface area (Å²) in [4.78, 5) is 4.02. The zero-order valence-electron chi connectivity index (χ0n) is 9.19. The zero-order valence-corrected chi connectivity index (χ0v) is 10.8. The molecule has 1 aromatic heterocycles. The van der Waals surface area contributed by atoms with Crippen LogP contribution in [0.4, 0.5) is 0 Å². The van der Waals surface area contributed by atoms with E-state index in [1.165, 1.54) is 0 Å². The predicted molar refractivity (Wildman–Crippen MR) is 62.9 cm³/mol. The van der Waals surface area contributed by atoms with Crippen LogP contribution in [0.15, 0.2) is 12.5 Å². The first-order valence-electron chi connectivity index (χ1n) is 5.34. The Morgan fingerprint density at radius 3 is 2.69 bits per heavy atom. The Morgan fingerprint density at radius 2 is 2.25 bits per heavy atom. The van der Waals surface area contributed by atoms with Crippen LogP contribution in [-0.2, 0) is 22.5 Å². The Balaban J connectivity index is 1.88. The lowest BCUT2D eigenvalue weighted by molar-refractivity contribution is 0.573. The average molecular weight is 263 g/mol. The van der Waals surface area contributed by atoms with Gasteiger partial charge in [-0.3, -0.25) is 0 Å². The Hall–Kier alpha value is -0.550. The number of aromatic nitrogens is 2. The average Bonchev–Trinajstić information content (AvgIpc) is 2.87. The number of aryl methyl sites for hydroxylation is 2. The van der Waals surface area contributed by atoms with Crippen LogP contribution in [0, 0.1) is 0 Å². The fourth-order valence-electron chi connectivity index (χ4n) is 1.97. The Labute approximate surface area is 100 Å². The fourth-order valence-corrected chi connectivity index (χ4v) is 3.64. The maximum atomic E-state index is 11.3. The highest BCUT2D eigenvalue weighted by atomic mass is 35.7. The lowest BCUT2D eigenvalue weighted by Gasteiger charge is -2.10. The molecule has 1 fully saturated rings. The molecule has 0 atom stereocenters. The lowest BCUT2D eigenvalue weighted by atomic mass is 10.1. The van der Waals surface area contributed by atoms with Crippen LogP contribution in [0.5, 0.6) is 0 Å². The van der Waals surface area contributed by atoms with E-state index in [2.05, 4.69) is 4.98 Å². The monoisotopic (exact) mass is 262 g/mol. The molecule has 0 spiro atoms. The van der Waals surface area contributed by atoms with Crippen LogP contribution in [0.25, 0.3) is 0 Å². The molecular formula is C10H15ClN2O2S. The molecule has 0 amide bonds. The molecule has 0 unspecified atom stereocenters. The standard InChI is InChI=1S/C10H15ClN2O2S/c1-13-8-12-7-9(13)3-2-4-10(5-6-10)16(11,14)15/h7-8H,2-6H2,1H3. The van der Waals surface area contributed by atoms with E-state index in [0.29, 0.717) is 19.3 Å². The van der Waals surface area contributed by atoms with Gasteiger partial charge in [-0.05, 0) is 32.1 Å². The predicted octanol–water partition coefficient (Wildman–Crippen LogP) is 1.84. The SMILES string of the molecule is Cn1cncc1CCCC1(S(=O)(=O)Cl)CC1. The van der Waals surface area contributed by atoms with Crippen molar-refractivity contribution in [3.05, 3.63) is 18.2 Å². The number of imidazole rings is 1. The summed E-state index contributed by atoms with van der Waals surface area (Å²) in [6, 6.07) is 0. The molecule has 1 aromatic rings. The van der Waals surface area contributed by atoms with E-state index in [4.69, 9.17) is 10.7 Å². The molecule has 0 radical (unpaired) electrons. The van der Waals surface area contributed by atoms with E-state index >= 15 is 0 Å². The van der Waals surface area contributed by atoms with E-state index in [9.17, 15) is 8.42 Å². The van der Waals surface area contributed by atoms with Crippen molar-refractivity contribution in [3.8, 4) is 0 Å². The Kier molecular flexibility index (Phi) is 3.01. The van der Waals surface area contributed by atoms with Crippen molar-refractivity contribution in [3.63, 3.8) is 0 Å². The second-order valence-corrected chi connectivity index (χ2v) is 7.43. The van der Waals surface area contributed by atoms with Crippen molar-refractivity contribution in [1.29, 1.82) is 0 Å². The molecule has 1 heterocycles. The summed E-state index contributed by atoms with van der Waals surface area (Å²) < 4.78 is 24.0. The van der Waals surface area contributed by atoms with E-state index in [0.717, 1.165) is 18.5 Å². The number of hydrogen-bond donors (Lipinski definition) is 0. The molecule has 6 heteroatoms. The molecular weight excluding hydrogens is 248 g/mol. The first-order chi connectivity index (χ1) is 7.45. The number of hydrogen-bond acceptors (Lipinski definition) is 3. The lowest BCUT2D eigenvalue weighted by Crippen LogP contribution is -2.17. The second kappa shape index (κ2) is 4.04. The molecule has 16 heavy (non-hydrogen) atoms. The highest BCUT2D eigenvalue weighted by molar-refractivity contribution is 8.15. The third-order valence-corrected chi connectivity index (χ3v) is 5.94. The van der Waals surface area contributed by atoms with E-state index in [-0.39, 0.29) is 0 Å². The summed E-state index contributed by atoms with van der Waals surface area (Å²) in [5.74, 6) is 0. The van der Waals surface area contributed by atoms with Gasteiger partial charge in [0, 0.05) is 29.6 Å². The van der Waals surface area contributed by atoms with E-state index in [1.807, 2.05) is 17.8 Å². The minimum absolute atomic E-state index is 0.618. The topological polar surface area (TPSA) is 52.0 Å². The first-order valence-corrected chi connectivity index (χ1v) is 7.65. The number of rotatable bonds is 5. The molecule has 0 aromatic carbocycles. The first kappa shape index (κ1) is 11.9. The molecule has 1 aliphatic carbocycles. The molecule has 4 nitrogen and oxygen atoms in total. The molecule has 0 bridgehead atoms. The van der Waals surface area contributed by atoms with Crippen molar-refractivity contribution in [2.24, 2.45) is 7.05 Å². The van der Waals surface area contributed by atoms with Crippen LogP contribution in [0.2, 0.25) is 0 Å². The maximum absolute atomic E-state index is 11.3. The van der Waals surface area contributed by atoms with Gasteiger partial charge in [-0.25, -0.2) is 13.4 Å². The number of halogens is 1. The van der Waals surface area contributed by atoms with Crippen LogP contribution < -0.4 is 0 Å². The fraction of sp³-hybridized carbons (Fsp3) is 0.700. The van der Waals surface area contributed by atoms with Gasteiger partial charge < -0.3 is 4.57 Å². The quantitative estimate of drug-likeness (QED) is 0.761. The van der Waals surface area contributed by atoms with Crippen molar-refractivity contribution in [1.82, 2.24) is 9.55 Å². The Morgan fingerprint density at radius 1 is 1.56 bits per heavy atom. The van der Waals surface area contributed by atoms with Gasteiger partial charge in [0.1, 0.15) is 0 Å². The molecule has 0 saturated heterocycles. The zero-order chi connectivity index (χ0) is 11.8. The molecule has 1 aliphatic rings. The molecule has 90 valence electrons. The second-order valence-electron chi connectivity index (χ2n) is 4.47.